The number of hydrogen-bond acceptors (Lipinski definition) is 2. The summed E-state index contributed by atoms with van der Waals surface area (Å²) < 4.78 is 0. The molecule has 2 nitrogen and oxygen atoms in total. The lowest BCUT2D eigenvalue weighted by atomic mass is 10.1. The minimum atomic E-state index is -0.0617. The molecule has 1 aliphatic rings. The summed E-state index contributed by atoms with van der Waals surface area (Å²) >= 11 is 0. The van der Waals surface area contributed by atoms with Gasteiger partial charge in [-0.2, -0.15) is 0 Å². The molecule has 1 aliphatic heterocycles. The van der Waals surface area contributed by atoms with Gasteiger partial charge in [-0.1, -0.05) is 26.7 Å². The molecule has 0 aliphatic carbocycles. The smallest absolute Gasteiger partial charge is 0.0682 e. The molecule has 0 unspecified atom stereocenters. The van der Waals surface area contributed by atoms with Crippen molar-refractivity contribution in [3.05, 3.63) is 0 Å². The van der Waals surface area contributed by atoms with Crippen LogP contribution in [-0.2, 0) is 0 Å². The van der Waals surface area contributed by atoms with Gasteiger partial charge < -0.3 is 5.11 Å². The first-order valence-corrected chi connectivity index (χ1v) is 5.70. The zero-order valence-electron chi connectivity index (χ0n) is 9.00. The summed E-state index contributed by atoms with van der Waals surface area (Å²) in [5.74, 6) is 0. The highest BCUT2D eigenvalue weighted by molar-refractivity contribution is 4.84. The van der Waals surface area contributed by atoms with Gasteiger partial charge in [0.05, 0.1) is 6.10 Å². The van der Waals surface area contributed by atoms with Crippen molar-refractivity contribution < 1.29 is 5.11 Å². The second-order valence-electron chi connectivity index (χ2n) is 4.18. The molecule has 2 atom stereocenters. The number of nitrogens with zero attached hydrogens (tertiary/aromatic N) is 1. The van der Waals surface area contributed by atoms with Crippen LogP contribution in [0.4, 0.5) is 0 Å². The van der Waals surface area contributed by atoms with Crippen molar-refractivity contribution in [2.75, 3.05) is 13.1 Å². The molecule has 0 aromatic rings. The van der Waals surface area contributed by atoms with Crippen LogP contribution in [0.5, 0.6) is 0 Å². The second kappa shape index (κ2) is 5.61. The van der Waals surface area contributed by atoms with E-state index in [1.165, 1.54) is 32.2 Å². The van der Waals surface area contributed by atoms with E-state index in [-0.39, 0.29) is 6.10 Å². The zero-order valence-corrected chi connectivity index (χ0v) is 9.00. The number of aliphatic hydroxyl groups is 1. The van der Waals surface area contributed by atoms with Crippen molar-refractivity contribution in [1.29, 1.82) is 0 Å². The first-order chi connectivity index (χ1) is 6.27. The lowest BCUT2D eigenvalue weighted by molar-refractivity contribution is 0.174. The van der Waals surface area contributed by atoms with Gasteiger partial charge in [0.1, 0.15) is 0 Å². The van der Waals surface area contributed by atoms with E-state index in [0.29, 0.717) is 6.04 Å². The zero-order chi connectivity index (χ0) is 9.68. The Morgan fingerprint density at radius 3 is 2.69 bits per heavy atom. The summed E-state index contributed by atoms with van der Waals surface area (Å²) in [5.41, 5.74) is 0. The number of β-amino-alcohol motifs (C(OH)–C–C–N with tert-alkyl or cyclic N) is 1. The molecule has 0 amide bonds. The molecule has 1 N–H and O–H groups in total. The van der Waals surface area contributed by atoms with Crippen molar-refractivity contribution in [3.8, 4) is 0 Å². The molecule has 0 radical (unpaired) electrons. The van der Waals surface area contributed by atoms with E-state index in [0.717, 1.165) is 13.0 Å². The van der Waals surface area contributed by atoms with Gasteiger partial charge in [0.15, 0.2) is 0 Å². The van der Waals surface area contributed by atoms with Gasteiger partial charge in [-0.3, -0.25) is 4.90 Å². The van der Waals surface area contributed by atoms with Crippen molar-refractivity contribution >= 4 is 0 Å². The van der Waals surface area contributed by atoms with E-state index in [1.807, 2.05) is 0 Å². The molecular formula is C11H23NO. The predicted octanol–water partition coefficient (Wildman–Crippen LogP) is 2.02. The third-order valence-corrected chi connectivity index (χ3v) is 2.93. The first kappa shape index (κ1) is 11.0. The van der Waals surface area contributed by atoms with E-state index in [9.17, 15) is 5.11 Å². The van der Waals surface area contributed by atoms with Crippen LogP contribution in [0.25, 0.3) is 0 Å². The van der Waals surface area contributed by atoms with Gasteiger partial charge in [-0.25, -0.2) is 0 Å². The Hall–Kier alpha value is -0.0800. The lowest BCUT2D eigenvalue weighted by Crippen LogP contribution is -2.30. The third kappa shape index (κ3) is 3.28. The highest BCUT2D eigenvalue weighted by atomic mass is 16.3. The maximum atomic E-state index is 9.55. The summed E-state index contributed by atoms with van der Waals surface area (Å²) in [6.45, 7) is 6.53. The number of aliphatic hydroxyl groups excluding tert-OH is 1. The topological polar surface area (TPSA) is 23.5 Å². The SMILES string of the molecule is CCCCN1C[C@@H](O)C[C@H]1CCC. The standard InChI is InChI=1S/C11H23NO/c1-3-5-7-12-9-11(13)8-10(12)6-4-2/h10-11,13H,3-9H2,1-2H3/t10-,11+/m1/s1. The summed E-state index contributed by atoms with van der Waals surface area (Å²) in [5, 5.41) is 9.55. The Balaban J connectivity index is 2.31. The van der Waals surface area contributed by atoms with E-state index in [2.05, 4.69) is 18.7 Å². The number of hydrogen-bond donors (Lipinski definition) is 1. The fourth-order valence-corrected chi connectivity index (χ4v) is 2.23. The first-order valence-electron chi connectivity index (χ1n) is 5.70. The molecule has 1 heterocycles. The third-order valence-electron chi connectivity index (χ3n) is 2.93. The Morgan fingerprint density at radius 2 is 2.08 bits per heavy atom. The Labute approximate surface area is 81.9 Å². The molecule has 1 fully saturated rings. The van der Waals surface area contributed by atoms with Gasteiger partial charge >= 0.3 is 0 Å². The normalized spacial score (nSPS) is 29.8. The summed E-state index contributed by atoms with van der Waals surface area (Å²) in [6, 6.07) is 0.659. The minimum Gasteiger partial charge on any atom is -0.392 e. The van der Waals surface area contributed by atoms with Gasteiger partial charge in [0.2, 0.25) is 0 Å². The molecule has 2 heteroatoms. The molecule has 0 spiro atoms. The summed E-state index contributed by atoms with van der Waals surface area (Å²) in [6.07, 6.45) is 5.95. The summed E-state index contributed by atoms with van der Waals surface area (Å²) in [7, 11) is 0. The molecule has 0 bridgehead atoms. The van der Waals surface area contributed by atoms with Gasteiger partial charge in [-0.15, -0.1) is 0 Å². The maximum absolute atomic E-state index is 9.55. The van der Waals surface area contributed by atoms with Crippen molar-refractivity contribution in [2.24, 2.45) is 0 Å². The van der Waals surface area contributed by atoms with Crippen LogP contribution >= 0.6 is 0 Å². The highest BCUT2D eigenvalue weighted by Gasteiger charge is 2.29. The van der Waals surface area contributed by atoms with E-state index >= 15 is 0 Å². The molecule has 0 aromatic carbocycles. The molecule has 13 heavy (non-hydrogen) atoms. The molecule has 78 valence electrons. The largest absolute Gasteiger partial charge is 0.392 e. The monoisotopic (exact) mass is 185 g/mol. The molecule has 1 rings (SSSR count). The number of unbranched alkanes of at least 4 members (excludes halogenated alkanes) is 1. The average molecular weight is 185 g/mol. The van der Waals surface area contributed by atoms with Gasteiger partial charge in [-0.05, 0) is 25.8 Å². The van der Waals surface area contributed by atoms with Crippen molar-refractivity contribution in [3.63, 3.8) is 0 Å². The molecule has 0 aromatic heterocycles. The molecule has 0 saturated carbocycles. The van der Waals surface area contributed by atoms with Crippen LogP contribution in [0.2, 0.25) is 0 Å². The number of likely N-dealkylation sites (tertiary alicyclic amines) is 1. The van der Waals surface area contributed by atoms with E-state index in [4.69, 9.17) is 0 Å². The maximum Gasteiger partial charge on any atom is 0.0682 e. The van der Waals surface area contributed by atoms with Gasteiger partial charge in [0, 0.05) is 12.6 Å². The molecule has 1 saturated heterocycles. The fourth-order valence-electron chi connectivity index (χ4n) is 2.23. The van der Waals surface area contributed by atoms with Crippen molar-refractivity contribution in [1.82, 2.24) is 4.90 Å². The van der Waals surface area contributed by atoms with Crippen LogP contribution in [0.3, 0.4) is 0 Å². The van der Waals surface area contributed by atoms with E-state index < -0.39 is 0 Å². The number of rotatable bonds is 5. The minimum absolute atomic E-state index is 0.0617. The van der Waals surface area contributed by atoms with Gasteiger partial charge in [0.25, 0.3) is 0 Å². The van der Waals surface area contributed by atoms with E-state index in [1.54, 1.807) is 0 Å². The van der Waals surface area contributed by atoms with Crippen LogP contribution < -0.4 is 0 Å². The predicted molar refractivity (Wildman–Crippen MR) is 55.8 cm³/mol. The van der Waals surface area contributed by atoms with Crippen LogP contribution in [0, 0.1) is 0 Å². The van der Waals surface area contributed by atoms with Crippen molar-refractivity contribution in [2.45, 2.75) is 58.1 Å². The Morgan fingerprint density at radius 1 is 1.31 bits per heavy atom. The lowest BCUT2D eigenvalue weighted by Gasteiger charge is -2.23. The van der Waals surface area contributed by atoms with Crippen LogP contribution in [-0.4, -0.2) is 35.2 Å². The molecular weight excluding hydrogens is 162 g/mol. The fraction of sp³-hybridized carbons (Fsp3) is 1.00. The average Bonchev–Trinajstić information content (AvgIpc) is 2.44. The highest BCUT2D eigenvalue weighted by Crippen LogP contribution is 2.21. The quantitative estimate of drug-likeness (QED) is 0.708. The van der Waals surface area contributed by atoms with Crippen LogP contribution in [0.1, 0.15) is 46.0 Å². The van der Waals surface area contributed by atoms with Crippen LogP contribution in [0.15, 0.2) is 0 Å². The Bertz CT molecular complexity index is 138. The summed E-state index contributed by atoms with van der Waals surface area (Å²) in [4.78, 5) is 2.47. The second-order valence-corrected chi connectivity index (χ2v) is 4.18. The Kier molecular flexibility index (Phi) is 4.74.